The van der Waals surface area contributed by atoms with E-state index in [4.69, 9.17) is 30.1 Å². The van der Waals surface area contributed by atoms with E-state index in [2.05, 4.69) is 336 Å². The molecule has 0 unspecified atom stereocenters. The van der Waals surface area contributed by atoms with Gasteiger partial charge in [0.05, 0.1) is 56.0 Å². The van der Waals surface area contributed by atoms with Crippen LogP contribution in [-0.2, 0) is 87.8 Å². The monoisotopic (exact) mass is 2260 g/mol. The van der Waals surface area contributed by atoms with Crippen LogP contribution >= 0.6 is 0 Å². The number of carbonyl (C=O) groups is 3. The smallest absolute Gasteiger partial charge is 0.221 e. The van der Waals surface area contributed by atoms with Crippen LogP contribution in [0.4, 0.5) is 0 Å². The van der Waals surface area contributed by atoms with Gasteiger partial charge in [-0.05, 0) is 141 Å². The zero-order valence-corrected chi connectivity index (χ0v) is 83.6. The number of aromatic nitrogens is 6. The normalized spacial score (nSPS) is 11.4. The number of hydrogen-bond donors (Lipinski definition) is 3. The van der Waals surface area contributed by atoms with Crippen molar-refractivity contribution in [3.63, 3.8) is 0 Å². The van der Waals surface area contributed by atoms with E-state index >= 15 is 0 Å². The fourth-order valence-corrected chi connectivity index (χ4v) is 15.9. The molecule has 12 nitrogen and oxygen atoms in total. The molecule has 0 saturated carbocycles. The van der Waals surface area contributed by atoms with Crippen molar-refractivity contribution in [1.82, 2.24) is 19.9 Å². The molecule has 0 atom stereocenters. The molecule has 20 rings (SSSR count). The number of benzene rings is 13. The van der Waals surface area contributed by atoms with Crippen molar-refractivity contribution < 1.29 is 99.2 Å². The van der Waals surface area contributed by atoms with Crippen molar-refractivity contribution in [1.29, 1.82) is 0 Å². The predicted molar refractivity (Wildman–Crippen MR) is 526 cm³/mol. The van der Waals surface area contributed by atoms with Crippen LogP contribution in [0.3, 0.4) is 0 Å². The summed E-state index contributed by atoms with van der Waals surface area (Å²) in [5, 5.41) is 36.7. The van der Waals surface area contributed by atoms with Gasteiger partial charge < -0.3 is 20.3 Å². The number of hydrogen-bond acceptors (Lipinski definition) is 10. The van der Waals surface area contributed by atoms with E-state index in [1.54, 1.807) is 0 Å². The van der Waals surface area contributed by atoms with E-state index in [9.17, 15) is 19.5 Å². The second kappa shape index (κ2) is 46.5. The number of nitrogens with zero attached hydrogens (tertiary/aromatic N) is 6. The van der Waals surface area contributed by atoms with Gasteiger partial charge in [-0.25, -0.2) is 0 Å². The van der Waals surface area contributed by atoms with Gasteiger partial charge in [-0.3, -0.25) is 29.3 Å². The first-order chi connectivity index (χ1) is 61.6. The van der Waals surface area contributed by atoms with Crippen molar-refractivity contribution in [2.45, 2.75) is 117 Å². The minimum Gasteiger partial charge on any atom is -0.512 e. The van der Waals surface area contributed by atoms with E-state index in [-0.39, 0.29) is 107 Å². The molecular formula is C116H107Ir3N6O6-. The van der Waals surface area contributed by atoms with E-state index < -0.39 is 0 Å². The number of ketones is 3. The Balaban J connectivity index is 0.000000161. The number of rotatable bonds is 9. The van der Waals surface area contributed by atoms with Gasteiger partial charge in [0.25, 0.3) is 0 Å². The largest absolute Gasteiger partial charge is 0.512 e. The fraction of sp³-hybridized carbons (Fsp3) is 0.164. The van der Waals surface area contributed by atoms with E-state index in [1.807, 2.05) is 71.1 Å². The van der Waals surface area contributed by atoms with Gasteiger partial charge in [0.1, 0.15) is 0 Å². The molecule has 2 aliphatic rings. The molecular weight excluding hydrogens is 2150 g/mol. The van der Waals surface area contributed by atoms with Gasteiger partial charge in [0.15, 0.2) is 36.6 Å². The minimum atomic E-state index is -0.125. The summed E-state index contributed by atoms with van der Waals surface area (Å²) < 4.78 is 4.78. The predicted octanol–water partition coefficient (Wildman–Crippen LogP) is 27.3. The van der Waals surface area contributed by atoms with Crippen molar-refractivity contribution >= 4 is 93.4 Å². The summed E-state index contributed by atoms with van der Waals surface area (Å²) in [5.74, 6) is 0.0356. The number of aliphatic hydroxyl groups excluding tert-OH is 3. The van der Waals surface area contributed by atoms with Crippen LogP contribution in [0.2, 0.25) is 0 Å². The molecule has 0 saturated heterocycles. The molecule has 0 fully saturated rings. The molecule has 131 heavy (non-hydrogen) atoms. The second-order valence-electron chi connectivity index (χ2n) is 33.3. The maximum atomic E-state index is 11.0. The van der Waals surface area contributed by atoms with E-state index in [0.717, 1.165) is 96.2 Å². The van der Waals surface area contributed by atoms with Crippen LogP contribution < -0.4 is 9.13 Å². The van der Waals surface area contributed by atoms with Gasteiger partial charge in [0.2, 0.25) is 16.9 Å². The van der Waals surface area contributed by atoms with Crippen LogP contribution in [0.15, 0.2) is 339 Å². The van der Waals surface area contributed by atoms with Gasteiger partial charge in [-0.1, -0.05) is 277 Å². The molecule has 3 N–H and O–H groups in total. The molecule has 665 valence electrons. The molecule has 15 heteroatoms. The Morgan fingerprint density at radius 1 is 0.405 bits per heavy atom. The van der Waals surface area contributed by atoms with Gasteiger partial charge >= 0.3 is 0 Å². The van der Waals surface area contributed by atoms with Crippen molar-refractivity contribution in [3.05, 3.63) is 407 Å². The molecule has 13 aromatic carbocycles. The van der Waals surface area contributed by atoms with Crippen LogP contribution in [0.25, 0.3) is 143 Å². The minimum absolute atomic E-state index is 0. The summed E-state index contributed by atoms with van der Waals surface area (Å²) in [6.07, 6.45) is 7.68. The average Bonchev–Trinajstić information content (AvgIpc) is 1.17. The molecule has 2 aliphatic heterocycles. The number of aliphatic hydroxyl groups is 3. The zero-order valence-electron chi connectivity index (χ0n) is 76.4. The first-order valence-corrected chi connectivity index (χ1v) is 43.2. The molecule has 0 aliphatic carbocycles. The number of fused-ring (bicyclic) bond motifs is 18. The van der Waals surface area contributed by atoms with Crippen LogP contribution in [0.5, 0.6) is 0 Å². The molecule has 0 bridgehead atoms. The average molecular weight is 2260 g/mol. The van der Waals surface area contributed by atoms with Crippen LogP contribution in [0, 0.1) is 78.5 Å². The van der Waals surface area contributed by atoms with Crippen molar-refractivity contribution in [2.75, 3.05) is 0 Å². The van der Waals surface area contributed by atoms with E-state index in [0.29, 0.717) is 0 Å². The third-order valence-electron chi connectivity index (χ3n) is 21.8. The third kappa shape index (κ3) is 25.7. The number of aryl methyl sites for hydroxylation is 7. The summed E-state index contributed by atoms with van der Waals surface area (Å²) in [4.78, 5) is 50.1. The van der Waals surface area contributed by atoms with Crippen LogP contribution in [-0.4, -0.2) is 52.6 Å². The van der Waals surface area contributed by atoms with E-state index in [1.165, 1.54) is 156 Å². The fourth-order valence-electron chi connectivity index (χ4n) is 15.9. The summed E-state index contributed by atoms with van der Waals surface area (Å²) in [5.41, 5.74) is 30.8. The maximum absolute atomic E-state index is 11.0. The Morgan fingerprint density at radius 3 is 1.50 bits per heavy atom. The Labute approximate surface area is 809 Å². The van der Waals surface area contributed by atoms with Crippen molar-refractivity contribution in [2.24, 2.45) is 11.8 Å². The molecule has 7 heterocycles. The molecule has 18 aromatic rings. The Hall–Kier alpha value is -13.1. The molecule has 5 aromatic heterocycles. The van der Waals surface area contributed by atoms with Gasteiger partial charge in [-0.2, -0.15) is 9.13 Å². The number of para-hydroxylation sites is 2. The molecule has 0 amide bonds. The zero-order chi connectivity index (χ0) is 90.8. The SMILES string of the molecule is CC(=O)C=C(C)O.CC(=O)C=C(C)O.CC(C)C(=O)C=C(O)C(C)C.Cc1[c-]c(-c2ccc3ccc(C)cc3n2)cc(C)c1.Cc1[c-]c(-c2ccc3ccccc3n2)cc(C)c1.Cc1cc2ccccc2[n+]2c1-c1ccccc1C2.Cc1cnc2c3[c-]cc(-c4ccccc4)cc3c3cc(-c4ccccc4)ccc3c2n1.[Ir].[Ir].[Ir].c1ccc2c(c1)C[n+]1ccc3ccccc3c1-2. The van der Waals surface area contributed by atoms with Gasteiger partial charge in [0, 0.05) is 136 Å². The number of pyridine rings is 4. The summed E-state index contributed by atoms with van der Waals surface area (Å²) in [6, 6.07) is 113. The molecule has 3 radical (unpaired) electrons. The topological polar surface area (TPSA) is 171 Å². The Bertz CT molecular complexity index is 7190. The second-order valence-corrected chi connectivity index (χ2v) is 33.3. The third-order valence-corrected chi connectivity index (χ3v) is 21.8. The Morgan fingerprint density at radius 2 is 0.916 bits per heavy atom. The standard InChI is InChI=1S/C29H19N2.C18H16N.2C17H14N.C16H12N.C9H16O2.2C5H8O2.3Ir/c1-19-18-30-28-24-14-12-22(20-8-4-2-5-9-20)16-26(24)27-17-23(21-10-6-3-7-11-21)13-15-25(27)29(28)31-19;1-12-4-5-15-6-7-17(19-18(15)11-12)16-9-13(2)8-14(3)10-16;1-12-10-13-6-3-5-9-16(13)18-11-14-7-2-4-8-15(14)17(12)18;1-12-9-13(2)11-15(10-12)17-8-7-14-5-3-4-6-16(14)18-17;1-3-7-14-12(5-1)9-10-17-11-13-6-2-4-8-15(13)16(14)17;1-6(2)8(10)5-9(11)7(3)4;2*1-4(6)3-5(2)7;;;/h2-13,15-18H,1H3;4-9,11H,1-3H3;2-10H,11H2,1H3;3-10H,1-2H3;1-10H,11H2;5-7,10H,1-4H3;2*3,6H,1-2H3;;;/q2*-1;+1;-1;+1;;;;;;. The number of allylic oxidation sites excluding steroid dienone is 6. The number of carbonyl (C=O) groups excluding carboxylic acids is 3. The first-order valence-electron chi connectivity index (χ1n) is 43.2. The first kappa shape index (κ1) is 100. The molecule has 0 spiro atoms. The summed E-state index contributed by atoms with van der Waals surface area (Å²) >= 11 is 0. The summed E-state index contributed by atoms with van der Waals surface area (Å²) in [7, 11) is 0. The maximum Gasteiger partial charge on any atom is 0.221 e. The van der Waals surface area contributed by atoms with Gasteiger partial charge in [-0.15, -0.1) is 93.4 Å². The van der Waals surface area contributed by atoms with Crippen LogP contribution in [0.1, 0.15) is 106 Å². The summed E-state index contributed by atoms with van der Waals surface area (Å²) in [6.45, 7) is 29.6. The quantitative estimate of drug-likeness (QED) is 0.0415. The Kier molecular flexibility index (Phi) is 35.5. The van der Waals surface area contributed by atoms with Crippen molar-refractivity contribution in [3.8, 4) is 67.3 Å².